The number of rotatable bonds is 8. The molecule has 0 bridgehead atoms. The summed E-state index contributed by atoms with van der Waals surface area (Å²) in [6.45, 7) is 7.09. The van der Waals surface area contributed by atoms with Crippen molar-refractivity contribution in [3.05, 3.63) is 0 Å². The van der Waals surface area contributed by atoms with Gasteiger partial charge in [0.05, 0.1) is 0 Å². The second-order valence-electron chi connectivity index (χ2n) is 6.07. The van der Waals surface area contributed by atoms with Crippen molar-refractivity contribution in [2.45, 2.75) is 46.0 Å². The third-order valence-electron chi connectivity index (χ3n) is 4.21. The predicted molar refractivity (Wildman–Crippen MR) is 84.6 cm³/mol. The summed E-state index contributed by atoms with van der Waals surface area (Å²) >= 11 is 1.89. The van der Waals surface area contributed by atoms with Crippen LogP contribution in [-0.4, -0.2) is 37.6 Å². The second kappa shape index (κ2) is 8.85. The Morgan fingerprint density at radius 1 is 1.37 bits per heavy atom. The molecule has 1 heterocycles. The summed E-state index contributed by atoms with van der Waals surface area (Å²) in [5.74, 6) is 1.93. The van der Waals surface area contributed by atoms with Gasteiger partial charge in [-0.05, 0) is 56.7 Å². The van der Waals surface area contributed by atoms with E-state index >= 15 is 0 Å². The number of hydrogen-bond acceptors (Lipinski definition) is 3. The van der Waals surface area contributed by atoms with Crippen molar-refractivity contribution in [2.75, 3.05) is 31.6 Å². The Morgan fingerprint density at radius 2 is 2.16 bits per heavy atom. The van der Waals surface area contributed by atoms with Gasteiger partial charge in [-0.25, -0.2) is 0 Å². The van der Waals surface area contributed by atoms with E-state index < -0.39 is 0 Å². The molecule has 1 aliphatic heterocycles. The van der Waals surface area contributed by atoms with Gasteiger partial charge < -0.3 is 10.6 Å². The zero-order valence-electron chi connectivity index (χ0n) is 12.8. The molecule has 1 aliphatic rings. The Balaban J connectivity index is 2.22. The molecular formula is C15H30N2OS. The van der Waals surface area contributed by atoms with Crippen LogP contribution in [0.4, 0.5) is 0 Å². The summed E-state index contributed by atoms with van der Waals surface area (Å²) < 4.78 is 0. The van der Waals surface area contributed by atoms with Crippen molar-refractivity contribution in [3.8, 4) is 0 Å². The number of carbonyl (C=O) groups excluding carboxylic acids is 1. The van der Waals surface area contributed by atoms with Crippen LogP contribution in [0.25, 0.3) is 0 Å². The molecule has 1 amide bonds. The molecule has 2 N–H and O–H groups in total. The molecule has 1 rings (SSSR count). The maximum atomic E-state index is 12.3. The Labute approximate surface area is 122 Å². The maximum Gasteiger partial charge on any atom is 0.225 e. The maximum absolute atomic E-state index is 12.3. The van der Waals surface area contributed by atoms with Crippen LogP contribution in [-0.2, 0) is 4.79 Å². The lowest BCUT2D eigenvalue weighted by atomic mass is 9.74. The van der Waals surface area contributed by atoms with E-state index in [1.165, 1.54) is 31.4 Å². The lowest BCUT2D eigenvalue weighted by Gasteiger charge is -2.36. The molecule has 0 aliphatic carbocycles. The molecule has 1 fully saturated rings. The highest BCUT2D eigenvalue weighted by atomic mass is 32.2. The van der Waals surface area contributed by atoms with E-state index in [0.717, 1.165) is 26.1 Å². The summed E-state index contributed by atoms with van der Waals surface area (Å²) in [6.07, 6.45) is 8.07. The number of hydrogen-bond donors (Lipinski definition) is 2. The fraction of sp³-hybridized carbons (Fsp3) is 0.933. The van der Waals surface area contributed by atoms with E-state index in [-0.39, 0.29) is 11.3 Å². The minimum Gasteiger partial charge on any atom is -0.356 e. The van der Waals surface area contributed by atoms with Crippen LogP contribution in [0.1, 0.15) is 46.0 Å². The van der Waals surface area contributed by atoms with Crippen LogP contribution in [0.2, 0.25) is 0 Å². The van der Waals surface area contributed by atoms with Gasteiger partial charge in [0.25, 0.3) is 0 Å². The molecule has 3 nitrogen and oxygen atoms in total. The van der Waals surface area contributed by atoms with E-state index in [2.05, 4.69) is 30.7 Å². The van der Waals surface area contributed by atoms with Gasteiger partial charge in [-0.3, -0.25) is 4.79 Å². The van der Waals surface area contributed by atoms with Crippen LogP contribution < -0.4 is 10.6 Å². The van der Waals surface area contributed by atoms with Gasteiger partial charge in [-0.1, -0.05) is 20.3 Å². The van der Waals surface area contributed by atoms with Gasteiger partial charge >= 0.3 is 0 Å². The van der Waals surface area contributed by atoms with Crippen LogP contribution >= 0.6 is 11.8 Å². The average Bonchev–Trinajstić information content (AvgIpc) is 2.43. The van der Waals surface area contributed by atoms with E-state index in [9.17, 15) is 4.79 Å². The van der Waals surface area contributed by atoms with Crippen molar-refractivity contribution in [1.82, 2.24) is 10.6 Å². The number of thioether (sulfide) groups is 1. The summed E-state index contributed by atoms with van der Waals surface area (Å²) in [7, 11) is 0. The summed E-state index contributed by atoms with van der Waals surface area (Å²) in [5, 5.41) is 6.53. The first-order chi connectivity index (χ1) is 9.09. The Bertz CT molecular complexity index is 263. The largest absolute Gasteiger partial charge is 0.356 e. The Morgan fingerprint density at radius 3 is 2.79 bits per heavy atom. The van der Waals surface area contributed by atoms with Gasteiger partial charge in [0.15, 0.2) is 0 Å². The second-order valence-corrected chi connectivity index (χ2v) is 7.06. The van der Waals surface area contributed by atoms with Crippen LogP contribution in [0.3, 0.4) is 0 Å². The lowest BCUT2D eigenvalue weighted by Crippen LogP contribution is -2.47. The van der Waals surface area contributed by atoms with Crippen molar-refractivity contribution in [2.24, 2.45) is 11.3 Å². The molecule has 112 valence electrons. The van der Waals surface area contributed by atoms with Crippen molar-refractivity contribution in [1.29, 1.82) is 0 Å². The predicted octanol–water partition coefficient (Wildman–Crippen LogP) is 2.66. The number of unbranched alkanes of at least 4 members (excludes halogenated alkanes) is 2. The summed E-state index contributed by atoms with van der Waals surface area (Å²) in [4.78, 5) is 12.3. The first-order valence-electron chi connectivity index (χ1n) is 7.57. The highest BCUT2D eigenvalue weighted by Crippen LogP contribution is 2.31. The first-order valence-corrected chi connectivity index (χ1v) is 8.96. The molecule has 1 atom stereocenters. The normalized spacial score (nSPS) is 20.3. The lowest BCUT2D eigenvalue weighted by molar-refractivity contribution is -0.132. The van der Waals surface area contributed by atoms with Crippen molar-refractivity contribution in [3.63, 3.8) is 0 Å². The van der Waals surface area contributed by atoms with E-state index in [1.54, 1.807) is 0 Å². The smallest absolute Gasteiger partial charge is 0.225 e. The molecule has 0 saturated carbocycles. The van der Waals surface area contributed by atoms with E-state index in [1.807, 2.05) is 11.8 Å². The third kappa shape index (κ3) is 5.74. The number of amides is 1. The number of carbonyl (C=O) groups is 1. The molecule has 4 heteroatoms. The van der Waals surface area contributed by atoms with Crippen LogP contribution in [0.5, 0.6) is 0 Å². The van der Waals surface area contributed by atoms with E-state index in [0.29, 0.717) is 5.92 Å². The average molecular weight is 286 g/mol. The molecule has 0 aromatic carbocycles. The summed E-state index contributed by atoms with van der Waals surface area (Å²) in [6, 6.07) is 0. The van der Waals surface area contributed by atoms with Crippen molar-refractivity contribution >= 4 is 17.7 Å². The summed E-state index contributed by atoms with van der Waals surface area (Å²) in [5.41, 5.74) is -0.243. The molecule has 1 saturated heterocycles. The molecule has 0 aromatic rings. The SMILES string of the molecule is CSCCCCCNC(=O)C(C)(C)C1CCCNC1. The molecule has 19 heavy (non-hydrogen) atoms. The molecule has 0 spiro atoms. The Kier molecular flexibility index (Phi) is 7.84. The van der Waals surface area contributed by atoms with Gasteiger partial charge in [-0.15, -0.1) is 0 Å². The van der Waals surface area contributed by atoms with Gasteiger partial charge in [0.1, 0.15) is 0 Å². The molecule has 0 radical (unpaired) electrons. The first kappa shape index (κ1) is 16.8. The fourth-order valence-corrected chi connectivity index (χ4v) is 3.12. The fourth-order valence-electron chi connectivity index (χ4n) is 2.63. The standard InChI is InChI=1S/C15H30N2OS/c1-15(2,13-8-7-9-16-12-13)14(18)17-10-5-4-6-11-19-3/h13,16H,4-12H2,1-3H3,(H,17,18). The van der Waals surface area contributed by atoms with Gasteiger partial charge in [0, 0.05) is 12.0 Å². The quantitative estimate of drug-likeness (QED) is 0.674. The zero-order valence-corrected chi connectivity index (χ0v) is 13.6. The number of nitrogens with one attached hydrogen (secondary N) is 2. The highest BCUT2D eigenvalue weighted by Gasteiger charge is 2.36. The Hall–Kier alpha value is -0.220. The minimum absolute atomic E-state index is 0.228. The molecule has 1 unspecified atom stereocenters. The third-order valence-corrected chi connectivity index (χ3v) is 4.91. The van der Waals surface area contributed by atoms with Gasteiger partial charge in [0.2, 0.25) is 5.91 Å². The van der Waals surface area contributed by atoms with Crippen LogP contribution in [0, 0.1) is 11.3 Å². The van der Waals surface area contributed by atoms with Gasteiger partial charge in [-0.2, -0.15) is 11.8 Å². The van der Waals surface area contributed by atoms with Crippen LogP contribution in [0.15, 0.2) is 0 Å². The topological polar surface area (TPSA) is 41.1 Å². The zero-order chi connectivity index (χ0) is 14.1. The molecule has 0 aromatic heterocycles. The molecular weight excluding hydrogens is 256 g/mol. The number of piperidine rings is 1. The van der Waals surface area contributed by atoms with E-state index in [4.69, 9.17) is 0 Å². The monoisotopic (exact) mass is 286 g/mol. The van der Waals surface area contributed by atoms with Crippen molar-refractivity contribution < 1.29 is 4.79 Å². The highest BCUT2D eigenvalue weighted by molar-refractivity contribution is 7.98. The minimum atomic E-state index is -0.243.